The van der Waals surface area contributed by atoms with Gasteiger partial charge in [0.15, 0.2) is 0 Å². The second kappa shape index (κ2) is 7.65. The van der Waals surface area contributed by atoms with Crippen LogP contribution in [-0.4, -0.2) is 40.3 Å². The van der Waals surface area contributed by atoms with Gasteiger partial charge in [-0.3, -0.25) is 4.79 Å². The van der Waals surface area contributed by atoms with Crippen molar-refractivity contribution in [1.82, 2.24) is 4.90 Å². The highest BCUT2D eigenvalue weighted by Crippen LogP contribution is 2.12. The van der Waals surface area contributed by atoms with E-state index >= 15 is 0 Å². The molecule has 1 atom stereocenters. The number of amides is 1. The summed E-state index contributed by atoms with van der Waals surface area (Å²) in [5.41, 5.74) is 0. The standard InChI is InChI=1S/C11H20BrNO3/c1-8(2)10(11(15)16)13(3)9(14)6-4-5-7-12/h8,10H,4-7H2,1-3H3,(H,15,16)/t10-/m0/s1. The van der Waals surface area contributed by atoms with Crippen molar-refractivity contribution >= 4 is 27.8 Å². The topological polar surface area (TPSA) is 57.6 Å². The van der Waals surface area contributed by atoms with Crippen LogP contribution in [-0.2, 0) is 9.59 Å². The number of aliphatic carboxylic acids is 1. The fourth-order valence-electron chi connectivity index (χ4n) is 1.60. The molecular formula is C11H20BrNO3. The molecule has 0 bridgehead atoms. The van der Waals surface area contributed by atoms with Gasteiger partial charge in [0.2, 0.25) is 5.91 Å². The molecule has 0 radical (unpaired) electrons. The number of carboxylic acid groups (broad SMARTS) is 1. The minimum atomic E-state index is -0.939. The van der Waals surface area contributed by atoms with Crippen molar-refractivity contribution in [3.63, 3.8) is 0 Å². The molecule has 0 aromatic heterocycles. The van der Waals surface area contributed by atoms with Crippen molar-refractivity contribution in [3.05, 3.63) is 0 Å². The Morgan fingerprint density at radius 2 is 1.88 bits per heavy atom. The van der Waals surface area contributed by atoms with Crippen molar-refractivity contribution in [2.24, 2.45) is 5.92 Å². The molecule has 0 aliphatic heterocycles. The quantitative estimate of drug-likeness (QED) is 0.578. The summed E-state index contributed by atoms with van der Waals surface area (Å²) in [4.78, 5) is 24.1. The van der Waals surface area contributed by atoms with E-state index in [9.17, 15) is 9.59 Å². The molecular weight excluding hydrogens is 274 g/mol. The zero-order valence-corrected chi connectivity index (χ0v) is 11.7. The van der Waals surface area contributed by atoms with Gasteiger partial charge in [0.25, 0.3) is 0 Å². The van der Waals surface area contributed by atoms with E-state index in [4.69, 9.17) is 5.11 Å². The number of hydrogen-bond donors (Lipinski definition) is 1. The van der Waals surface area contributed by atoms with E-state index in [0.717, 1.165) is 18.2 Å². The molecule has 0 saturated heterocycles. The van der Waals surface area contributed by atoms with Gasteiger partial charge in [0.1, 0.15) is 6.04 Å². The summed E-state index contributed by atoms with van der Waals surface area (Å²) < 4.78 is 0. The molecule has 1 amide bonds. The monoisotopic (exact) mass is 293 g/mol. The molecule has 0 aromatic rings. The third-order valence-corrected chi connectivity index (χ3v) is 3.03. The van der Waals surface area contributed by atoms with Crippen molar-refractivity contribution in [2.45, 2.75) is 39.2 Å². The number of carboxylic acids is 1. The predicted octanol–water partition coefficient (Wildman–Crippen LogP) is 2.12. The predicted molar refractivity (Wildman–Crippen MR) is 66.7 cm³/mol. The number of rotatable bonds is 7. The van der Waals surface area contributed by atoms with Crippen LogP contribution in [0.4, 0.5) is 0 Å². The van der Waals surface area contributed by atoms with Crippen molar-refractivity contribution < 1.29 is 14.7 Å². The third kappa shape index (κ3) is 4.96. The highest BCUT2D eigenvalue weighted by atomic mass is 79.9. The van der Waals surface area contributed by atoms with Crippen LogP contribution < -0.4 is 0 Å². The summed E-state index contributed by atoms with van der Waals surface area (Å²) >= 11 is 3.29. The third-order valence-electron chi connectivity index (χ3n) is 2.47. The molecule has 0 fully saturated rings. The second-order valence-corrected chi connectivity index (χ2v) is 4.97. The highest BCUT2D eigenvalue weighted by Gasteiger charge is 2.28. The Morgan fingerprint density at radius 3 is 2.25 bits per heavy atom. The van der Waals surface area contributed by atoms with Gasteiger partial charge in [-0.05, 0) is 18.8 Å². The maximum atomic E-state index is 11.7. The van der Waals surface area contributed by atoms with Crippen LogP contribution in [0.25, 0.3) is 0 Å². The van der Waals surface area contributed by atoms with Crippen LogP contribution in [0.2, 0.25) is 0 Å². The van der Waals surface area contributed by atoms with Crippen molar-refractivity contribution in [1.29, 1.82) is 0 Å². The summed E-state index contributed by atoms with van der Waals surface area (Å²) in [6.45, 7) is 3.61. The lowest BCUT2D eigenvalue weighted by molar-refractivity contribution is -0.151. The Bertz CT molecular complexity index is 243. The van der Waals surface area contributed by atoms with Gasteiger partial charge in [-0.25, -0.2) is 4.79 Å². The van der Waals surface area contributed by atoms with Crippen LogP contribution in [0.3, 0.4) is 0 Å². The van der Waals surface area contributed by atoms with Crippen molar-refractivity contribution in [2.75, 3.05) is 12.4 Å². The molecule has 5 heteroatoms. The fourth-order valence-corrected chi connectivity index (χ4v) is 2.00. The van der Waals surface area contributed by atoms with Gasteiger partial charge < -0.3 is 10.0 Å². The number of likely N-dealkylation sites (N-methyl/N-ethyl adjacent to an activating group) is 1. The number of carbonyl (C=O) groups is 2. The number of halogens is 1. The Hall–Kier alpha value is -0.580. The smallest absolute Gasteiger partial charge is 0.326 e. The molecule has 0 saturated carbocycles. The van der Waals surface area contributed by atoms with E-state index in [0.29, 0.717) is 6.42 Å². The van der Waals surface area contributed by atoms with Crippen LogP contribution in [0.15, 0.2) is 0 Å². The normalized spacial score (nSPS) is 12.6. The number of carbonyl (C=O) groups excluding carboxylic acids is 1. The van der Waals surface area contributed by atoms with E-state index < -0.39 is 12.0 Å². The first-order valence-corrected chi connectivity index (χ1v) is 6.58. The van der Waals surface area contributed by atoms with E-state index in [1.165, 1.54) is 4.90 Å². The van der Waals surface area contributed by atoms with Crippen LogP contribution in [0.1, 0.15) is 33.1 Å². The van der Waals surface area contributed by atoms with E-state index in [-0.39, 0.29) is 11.8 Å². The molecule has 16 heavy (non-hydrogen) atoms. The molecule has 0 aromatic carbocycles. The molecule has 0 rings (SSSR count). The molecule has 0 spiro atoms. The average Bonchev–Trinajstić information content (AvgIpc) is 2.16. The van der Waals surface area contributed by atoms with Gasteiger partial charge in [-0.15, -0.1) is 0 Å². The average molecular weight is 294 g/mol. The van der Waals surface area contributed by atoms with Gasteiger partial charge in [-0.2, -0.15) is 0 Å². The fraction of sp³-hybridized carbons (Fsp3) is 0.818. The number of alkyl halides is 1. The summed E-state index contributed by atoms with van der Waals surface area (Å²) in [5, 5.41) is 9.90. The van der Waals surface area contributed by atoms with E-state index in [1.54, 1.807) is 20.9 Å². The molecule has 94 valence electrons. The minimum absolute atomic E-state index is 0.0809. The van der Waals surface area contributed by atoms with Crippen LogP contribution in [0.5, 0.6) is 0 Å². The zero-order valence-electron chi connectivity index (χ0n) is 10.1. The lowest BCUT2D eigenvalue weighted by Gasteiger charge is -2.27. The second-order valence-electron chi connectivity index (χ2n) is 4.18. The largest absolute Gasteiger partial charge is 0.480 e. The van der Waals surface area contributed by atoms with E-state index in [1.807, 2.05) is 0 Å². The molecule has 0 heterocycles. The number of nitrogens with zero attached hydrogens (tertiary/aromatic N) is 1. The van der Waals surface area contributed by atoms with Gasteiger partial charge in [0, 0.05) is 18.8 Å². The zero-order chi connectivity index (χ0) is 12.7. The number of unbranched alkanes of at least 4 members (excludes halogenated alkanes) is 1. The Morgan fingerprint density at radius 1 is 1.31 bits per heavy atom. The van der Waals surface area contributed by atoms with Crippen LogP contribution >= 0.6 is 15.9 Å². The molecule has 0 aliphatic carbocycles. The Kier molecular flexibility index (Phi) is 7.38. The summed E-state index contributed by atoms with van der Waals surface area (Å²) in [5.74, 6) is -1.11. The maximum Gasteiger partial charge on any atom is 0.326 e. The minimum Gasteiger partial charge on any atom is -0.480 e. The molecule has 0 unspecified atom stereocenters. The number of hydrogen-bond acceptors (Lipinski definition) is 2. The summed E-state index contributed by atoms with van der Waals surface area (Å²) in [7, 11) is 1.56. The maximum absolute atomic E-state index is 11.7. The van der Waals surface area contributed by atoms with Crippen LogP contribution in [0, 0.1) is 5.92 Å². The first-order valence-electron chi connectivity index (χ1n) is 5.46. The lowest BCUT2D eigenvalue weighted by atomic mass is 10.0. The Balaban J connectivity index is 4.32. The summed E-state index contributed by atoms with van der Waals surface area (Å²) in [6.07, 6.45) is 2.14. The first kappa shape index (κ1) is 15.4. The summed E-state index contributed by atoms with van der Waals surface area (Å²) in [6, 6.07) is -0.725. The van der Waals surface area contributed by atoms with Gasteiger partial charge >= 0.3 is 5.97 Å². The van der Waals surface area contributed by atoms with Gasteiger partial charge in [-0.1, -0.05) is 29.8 Å². The molecule has 4 nitrogen and oxygen atoms in total. The van der Waals surface area contributed by atoms with Crippen molar-refractivity contribution in [3.8, 4) is 0 Å². The molecule has 1 N–H and O–H groups in total. The van der Waals surface area contributed by atoms with Gasteiger partial charge in [0.05, 0.1) is 0 Å². The van der Waals surface area contributed by atoms with E-state index in [2.05, 4.69) is 15.9 Å². The Labute approximate surface area is 105 Å². The first-order chi connectivity index (χ1) is 7.41. The highest BCUT2D eigenvalue weighted by molar-refractivity contribution is 9.09. The SMILES string of the molecule is CC(C)[C@@H](C(=O)O)N(C)C(=O)CCCCBr. The molecule has 0 aliphatic rings. The lowest BCUT2D eigenvalue weighted by Crippen LogP contribution is -2.45.